The molecule has 1 heterocycles. The van der Waals surface area contributed by atoms with Crippen LogP contribution in [0.3, 0.4) is 0 Å². The largest absolute Gasteiger partial charge is 0.336 e. The Kier molecular flexibility index (Phi) is 5.30. The zero-order chi connectivity index (χ0) is 17.1. The average molecular weight is 333 g/mol. The number of benzene rings is 1. The molecule has 1 aromatic heterocycles. The zero-order valence-electron chi connectivity index (χ0n) is 14.2. The molecule has 2 aromatic rings. The van der Waals surface area contributed by atoms with Gasteiger partial charge in [-0.3, -0.25) is 4.79 Å². The van der Waals surface area contributed by atoms with Crippen LogP contribution in [0.25, 0.3) is 0 Å². The smallest absolute Gasteiger partial charge is 0.237 e. The third-order valence-corrected chi connectivity index (χ3v) is 4.68. The number of aromatic nitrogens is 3. The van der Waals surface area contributed by atoms with Crippen molar-refractivity contribution in [3.8, 4) is 0 Å². The van der Waals surface area contributed by atoms with Crippen molar-refractivity contribution in [2.45, 2.75) is 51.4 Å². The van der Waals surface area contributed by atoms with Gasteiger partial charge in [-0.2, -0.15) is 0 Å². The van der Waals surface area contributed by atoms with Gasteiger partial charge in [0, 0.05) is 12.1 Å². The molecule has 0 saturated heterocycles. The van der Waals surface area contributed by atoms with E-state index >= 15 is 0 Å². The number of thioether (sulfide) groups is 1. The van der Waals surface area contributed by atoms with E-state index in [4.69, 9.17) is 5.84 Å². The Morgan fingerprint density at radius 3 is 2.43 bits per heavy atom. The van der Waals surface area contributed by atoms with E-state index in [9.17, 15) is 4.79 Å². The molecule has 0 aliphatic rings. The van der Waals surface area contributed by atoms with Crippen molar-refractivity contribution in [2.24, 2.45) is 0 Å². The molecule has 0 fully saturated rings. The van der Waals surface area contributed by atoms with Gasteiger partial charge in [-0.25, -0.2) is 4.68 Å². The first kappa shape index (κ1) is 17.3. The Morgan fingerprint density at radius 2 is 1.91 bits per heavy atom. The van der Waals surface area contributed by atoms with E-state index in [-0.39, 0.29) is 11.2 Å². The molecular weight excluding hydrogens is 310 g/mol. The molecule has 1 atom stereocenters. The molecule has 0 aliphatic carbocycles. The summed E-state index contributed by atoms with van der Waals surface area (Å²) in [4.78, 5) is 12.5. The third-order valence-electron chi connectivity index (χ3n) is 3.63. The van der Waals surface area contributed by atoms with Crippen molar-refractivity contribution in [3.05, 3.63) is 34.6 Å². The number of anilines is 1. The first-order chi connectivity index (χ1) is 10.8. The van der Waals surface area contributed by atoms with E-state index in [0.29, 0.717) is 17.4 Å². The van der Waals surface area contributed by atoms with Crippen LogP contribution in [0.4, 0.5) is 5.69 Å². The molecule has 6 nitrogen and oxygen atoms in total. The predicted octanol–water partition coefficient (Wildman–Crippen LogP) is 2.60. The molecule has 0 radical (unpaired) electrons. The Labute approximate surface area is 140 Å². The second-order valence-corrected chi connectivity index (χ2v) is 6.95. The zero-order valence-corrected chi connectivity index (χ0v) is 15.0. The molecule has 23 heavy (non-hydrogen) atoms. The molecule has 0 saturated carbocycles. The second-order valence-electron chi connectivity index (χ2n) is 5.65. The summed E-state index contributed by atoms with van der Waals surface area (Å²) in [6, 6.07) is 4.12. The molecule has 1 unspecified atom stereocenters. The fourth-order valence-electron chi connectivity index (χ4n) is 2.44. The Balaban J connectivity index is 2.10. The van der Waals surface area contributed by atoms with Crippen LogP contribution >= 0.6 is 11.8 Å². The van der Waals surface area contributed by atoms with E-state index in [1.807, 2.05) is 34.6 Å². The van der Waals surface area contributed by atoms with Crippen LogP contribution in [0, 0.1) is 20.8 Å². The van der Waals surface area contributed by atoms with Gasteiger partial charge in [-0.15, -0.1) is 10.2 Å². The van der Waals surface area contributed by atoms with Gasteiger partial charge in [0.1, 0.15) is 0 Å². The minimum atomic E-state index is -0.327. The second kappa shape index (κ2) is 7.04. The quantitative estimate of drug-likeness (QED) is 0.649. The lowest BCUT2D eigenvalue weighted by atomic mass is 10.1. The summed E-state index contributed by atoms with van der Waals surface area (Å²) >= 11 is 1.30. The van der Waals surface area contributed by atoms with Gasteiger partial charge in [0.05, 0.1) is 5.25 Å². The van der Waals surface area contributed by atoms with Crippen molar-refractivity contribution >= 4 is 23.4 Å². The Bertz CT molecular complexity index is 702. The van der Waals surface area contributed by atoms with Gasteiger partial charge in [0.25, 0.3) is 0 Å². The molecule has 0 spiro atoms. The normalized spacial score (nSPS) is 12.2. The fraction of sp³-hybridized carbons (Fsp3) is 0.438. The van der Waals surface area contributed by atoms with Crippen molar-refractivity contribution in [3.63, 3.8) is 0 Å². The van der Waals surface area contributed by atoms with Gasteiger partial charge in [0.15, 0.2) is 5.82 Å². The van der Waals surface area contributed by atoms with Gasteiger partial charge in [0.2, 0.25) is 11.1 Å². The number of nitrogens with zero attached hydrogens (tertiary/aromatic N) is 3. The lowest BCUT2D eigenvalue weighted by molar-refractivity contribution is -0.115. The van der Waals surface area contributed by atoms with Crippen molar-refractivity contribution < 1.29 is 4.79 Å². The van der Waals surface area contributed by atoms with Gasteiger partial charge in [-0.05, 0) is 38.8 Å². The molecule has 7 heteroatoms. The van der Waals surface area contributed by atoms with Crippen molar-refractivity contribution in [2.75, 3.05) is 11.2 Å². The number of carbonyl (C=O) groups excluding carboxylic acids is 1. The number of rotatable bonds is 5. The van der Waals surface area contributed by atoms with E-state index in [2.05, 4.69) is 27.6 Å². The molecule has 2 rings (SSSR count). The third kappa shape index (κ3) is 3.85. The molecule has 0 aliphatic heterocycles. The lowest BCUT2D eigenvalue weighted by Crippen LogP contribution is -2.24. The van der Waals surface area contributed by atoms with Crippen LogP contribution in [0.15, 0.2) is 17.3 Å². The summed E-state index contributed by atoms with van der Waals surface area (Å²) in [7, 11) is 0. The number of hydrogen-bond donors (Lipinski definition) is 2. The van der Waals surface area contributed by atoms with E-state index < -0.39 is 0 Å². The highest BCUT2D eigenvalue weighted by Gasteiger charge is 2.20. The SMILES string of the molecule is CCc1nnc(SC(C)C(=O)Nc2c(C)cc(C)cc2C)n1N. The summed E-state index contributed by atoms with van der Waals surface area (Å²) in [5.74, 6) is 6.54. The highest BCUT2D eigenvalue weighted by atomic mass is 32.2. The van der Waals surface area contributed by atoms with Gasteiger partial charge >= 0.3 is 0 Å². The number of nitrogens with two attached hydrogens (primary N) is 1. The van der Waals surface area contributed by atoms with Gasteiger partial charge in [-0.1, -0.05) is 36.4 Å². The summed E-state index contributed by atoms with van der Waals surface area (Å²) < 4.78 is 1.44. The molecule has 124 valence electrons. The lowest BCUT2D eigenvalue weighted by Gasteiger charge is -2.15. The molecule has 3 N–H and O–H groups in total. The maximum Gasteiger partial charge on any atom is 0.237 e. The standard InChI is InChI=1S/C16H23N5OS/c1-6-13-19-20-16(21(13)17)23-12(5)15(22)18-14-10(3)7-9(2)8-11(14)4/h7-8,12H,6,17H2,1-5H3,(H,18,22). The number of nitrogens with one attached hydrogen (secondary N) is 1. The molecule has 1 aromatic carbocycles. The maximum absolute atomic E-state index is 12.5. The summed E-state index contributed by atoms with van der Waals surface area (Å²) in [6.07, 6.45) is 0.701. The molecular formula is C16H23N5OS. The van der Waals surface area contributed by atoms with Crippen molar-refractivity contribution in [1.29, 1.82) is 0 Å². The van der Waals surface area contributed by atoms with Crippen LogP contribution in [0.2, 0.25) is 0 Å². The van der Waals surface area contributed by atoms with Crippen LogP contribution in [-0.4, -0.2) is 26.0 Å². The minimum Gasteiger partial charge on any atom is -0.336 e. The number of aryl methyl sites for hydroxylation is 4. The predicted molar refractivity (Wildman–Crippen MR) is 94.2 cm³/mol. The number of amides is 1. The number of nitrogen functional groups attached to an aromatic ring is 1. The van der Waals surface area contributed by atoms with E-state index in [1.54, 1.807) is 0 Å². The number of carbonyl (C=O) groups is 1. The van der Waals surface area contributed by atoms with Crippen molar-refractivity contribution in [1.82, 2.24) is 14.9 Å². The van der Waals surface area contributed by atoms with E-state index in [1.165, 1.54) is 22.0 Å². The summed E-state index contributed by atoms with van der Waals surface area (Å²) in [5.41, 5.74) is 4.17. The Morgan fingerprint density at radius 1 is 1.30 bits per heavy atom. The Hall–Kier alpha value is -2.02. The van der Waals surface area contributed by atoms with Gasteiger partial charge < -0.3 is 11.2 Å². The topological polar surface area (TPSA) is 85.8 Å². The van der Waals surface area contributed by atoms with Crippen LogP contribution < -0.4 is 11.2 Å². The first-order valence-corrected chi connectivity index (χ1v) is 8.46. The van der Waals surface area contributed by atoms with Crippen LogP contribution in [-0.2, 0) is 11.2 Å². The first-order valence-electron chi connectivity index (χ1n) is 7.58. The summed E-state index contributed by atoms with van der Waals surface area (Å²) in [6.45, 7) is 9.83. The van der Waals surface area contributed by atoms with E-state index in [0.717, 1.165) is 16.8 Å². The van der Waals surface area contributed by atoms with Crippen LogP contribution in [0.1, 0.15) is 36.4 Å². The summed E-state index contributed by atoms with van der Waals surface area (Å²) in [5, 5.41) is 11.3. The molecule has 1 amide bonds. The monoisotopic (exact) mass is 333 g/mol. The molecule has 0 bridgehead atoms. The minimum absolute atomic E-state index is 0.0777. The fourth-order valence-corrected chi connectivity index (χ4v) is 3.23. The highest BCUT2D eigenvalue weighted by Crippen LogP contribution is 2.25. The van der Waals surface area contributed by atoms with Crippen LogP contribution in [0.5, 0.6) is 0 Å². The highest BCUT2D eigenvalue weighted by molar-refractivity contribution is 8.00. The average Bonchev–Trinajstić information content (AvgIpc) is 2.83. The maximum atomic E-state index is 12.5. The number of hydrogen-bond acceptors (Lipinski definition) is 5.